The van der Waals surface area contributed by atoms with Crippen LogP contribution in [0.5, 0.6) is 0 Å². The Morgan fingerprint density at radius 1 is 1.30 bits per heavy atom. The van der Waals surface area contributed by atoms with Crippen LogP contribution < -0.4 is 16.4 Å². The lowest BCUT2D eigenvalue weighted by molar-refractivity contribution is -0.123. The average Bonchev–Trinajstić information content (AvgIpc) is 2.37. The maximum Gasteiger partial charge on any atom is 0.405 e. The molecule has 0 heterocycles. The van der Waals surface area contributed by atoms with E-state index in [1.165, 1.54) is 18.2 Å². The molecule has 0 aliphatic rings. The molecule has 110 valence electrons. The number of carbonyl (C=O) groups excluding carboxylic acids is 2. The molecule has 2 amide bonds. The van der Waals surface area contributed by atoms with E-state index >= 15 is 0 Å². The minimum Gasteiger partial charge on any atom is -0.343 e. The first kappa shape index (κ1) is 16.0. The number of nitrogens with one attached hydrogen (secondary N) is 2. The second-order valence-electron chi connectivity index (χ2n) is 4.08. The highest BCUT2D eigenvalue weighted by molar-refractivity contribution is 5.98. The Bertz CT molecular complexity index is 515. The number of halogens is 3. The molecule has 0 atom stereocenters. The maximum atomic E-state index is 12.0. The maximum absolute atomic E-state index is 12.0. The number of amides is 2. The van der Waals surface area contributed by atoms with Gasteiger partial charge in [0, 0.05) is 11.3 Å². The summed E-state index contributed by atoms with van der Waals surface area (Å²) in [6.45, 7) is 0.0394. The summed E-state index contributed by atoms with van der Waals surface area (Å²) >= 11 is 0. The number of carbonyl (C=O) groups is 2. The van der Waals surface area contributed by atoms with Crippen LogP contribution in [0, 0.1) is 6.92 Å². The zero-order chi connectivity index (χ0) is 15.3. The highest BCUT2D eigenvalue weighted by Gasteiger charge is 2.27. The van der Waals surface area contributed by atoms with Crippen molar-refractivity contribution in [2.24, 2.45) is 5.73 Å². The van der Waals surface area contributed by atoms with Crippen LogP contribution in [0.4, 0.5) is 18.9 Å². The van der Waals surface area contributed by atoms with Gasteiger partial charge in [0.05, 0.1) is 6.54 Å². The molecule has 8 heteroatoms. The predicted molar refractivity (Wildman–Crippen MR) is 67.3 cm³/mol. The van der Waals surface area contributed by atoms with E-state index in [0.29, 0.717) is 11.3 Å². The molecule has 0 aliphatic carbocycles. The molecule has 0 unspecified atom stereocenters. The van der Waals surface area contributed by atoms with Gasteiger partial charge in [-0.1, -0.05) is 6.07 Å². The van der Waals surface area contributed by atoms with Crippen molar-refractivity contribution in [3.8, 4) is 0 Å². The van der Waals surface area contributed by atoms with Gasteiger partial charge in [0.2, 0.25) is 5.91 Å². The molecule has 1 aromatic carbocycles. The third-order valence-electron chi connectivity index (χ3n) is 2.41. The van der Waals surface area contributed by atoms with Crippen LogP contribution in [0.2, 0.25) is 0 Å². The van der Waals surface area contributed by atoms with E-state index in [2.05, 4.69) is 5.32 Å². The fourth-order valence-corrected chi connectivity index (χ4v) is 1.38. The molecule has 5 nitrogen and oxygen atoms in total. The van der Waals surface area contributed by atoms with Crippen molar-refractivity contribution in [1.82, 2.24) is 5.32 Å². The van der Waals surface area contributed by atoms with Gasteiger partial charge in [-0.2, -0.15) is 13.2 Å². The monoisotopic (exact) mass is 289 g/mol. The summed E-state index contributed by atoms with van der Waals surface area (Å²) in [5.74, 6) is -1.33. The normalized spacial score (nSPS) is 11.1. The van der Waals surface area contributed by atoms with E-state index in [4.69, 9.17) is 5.73 Å². The first-order chi connectivity index (χ1) is 9.23. The molecule has 4 N–H and O–H groups in total. The summed E-state index contributed by atoms with van der Waals surface area (Å²) in [7, 11) is 0. The van der Waals surface area contributed by atoms with Gasteiger partial charge in [-0.25, -0.2) is 0 Å². The molecular formula is C12H14F3N3O2. The first-order valence-electron chi connectivity index (χ1n) is 5.68. The van der Waals surface area contributed by atoms with Crippen LogP contribution in [0.15, 0.2) is 18.2 Å². The lowest BCUT2D eigenvalue weighted by Gasteiger charge is -2.11. The molecular weight excluding hydrogens is 275 g/mol. The Kier molecular flexibility index (Phi) is 5.09. The van der Waals surface area contributed by atoms with Crippen molar-refractivity contribution in [3.05, 3.63) is 29.3 Å². The Morgan fingerprint density at radius 2 is 1.95 bits per heavy atom. The van der Waals surface area contributed by atoms with E-state index in [-0.39, 0.29) is 12.1 Å². The largest absolute Gasteiger partial charge is 0.405 e. The zero-order valence-electron chi connectivity index (χ0n) is 10.7. The average molecular weight is 289 g/mol. The van der Waals surface area contributed by atoms with Gasteiger partial charge in [0.15, 0.2) is 0 Å². The topological polar surface area (TPSA) is 84.2 Å². The van der Waals surface area contributed by atoms with Crippen molar-refractivity contribution >= 4 is 17.5 Å². The van der Waals surface area contributed by atoms with Crippen molar-refractivity contribution < 1.29 is 22.8 Å². The Labute approximate surface area is 113 Å². The van der Waals surface area contributed by atoms with Crippen LogP contribution in [0.25, 0.3) is 0 Å². The van der Waals surface area contributed by atoms with Crippen LogP contribution in [0.1, 0.15) is 15.9 Å². The summed E-state index contributed by atoms with van der Waals surface area (Å²) in [5.41, 5.74) is 6.17. The third-order valence-corrected chi connectivity index (χ3v) is 2.41. The Morgan fingerprint density at radius 3 is 2.50 bits per heavy atom. The second-order valence-corrected chi connectivity index (χ2v) is 4.08. The Balaban J connectivity index is 2.83. The molecule has 0 saturated heterocycles. The van der Waals surface area contributed by atoms with Crippen LogP contribution in [-0.2, 0) is 4.79 Å². The van der Waals surface area contributed by atoms with Crippen molar-refractivity contribution in [1.29, 1.82) is 0 Å². The number of rotatable bonds is 4. The van der Waals surface area contributed by atoms with Gasteiger partial charge in [-0.05, 0) is 24.6 Å². The number of anilines is 1. The van der Waals surface area contributed by atoms with Crippen molar-refractivity contribution in [2.45, 2.75) is 13.1 Å². The Hall–Kier alpha value is -2.09. The fraction of sp³-hybridized carbons (Fsp3) is 0.333. The molecule has 20 heavy (non-hydrogen) atoms. The van der Waals surface area contributed by atoms with Gasteiger partial charge < -0.3 is 16.4 Å². The molecule has 0 spiro atoms. The lowest BCUT2D eigenvalue weighted by Crippen LogP contribution is -2.33. The van der Waals surface area contributed by atoms with E-state index in [1.54, 1.807) is 12.2 Å². The van der Waals surface area contributed by atoms with E-state index < -0.39 is 24.5 Å². The summed E-state index contributed by atoms with van der Waals surface area (Å²) in [4.78, 5) is 22.7. The molecule has 0 saturated carbocycles. The molecule has 0 bridgehead atoms. The second kappa shape index (κ2) is 6.38. The molecule has 1 rings (SSSR count). The first-order valence-corrected chi connectivity index (χ1v) is 5.68. The van der Waals surface area contributed by atoms with Gasteiger partial charge in [0.1, 0.15) is 6.54 Å². The van der Waals surface area contributed by atoms with Gasteiger partial charge >= 0.3 is 6.18 Å². The highest BCUT2D eigenvalue weighted by Crippen LogP contribution is 2.17. The zero-order valence-corrected chi connectivity index (χ0v) is 10.7. The van der Waals surface area contributed by atoms with Crippen LogP contribution >= 0.6 is 0 Å². The van der Waals surface area contributed by atoms with Crippen LogP contribution in [-0.4, -0.2) is 31.1 Å². The molecule has 0 fully saturated rings. The number of hydrogen-bond donors (Lipinski definition) is 3. The van der Waals surface area contributed by atoms with Gasteiger partial charge in [0.25, 0.3) is 5.91 Å². The fourth-order valence-electron chi connectivity index (χ4n) is 1.38. The molecule has 0 aromatic heterocycles. The summed E-state index contributed by atoms with van der Waals surface area (Å²) < 4.78 is 36.0. The summed E-state index contributed by atoms with van der Waals surface area (Å²) in [6.07, 6.45) is -4.48. The highest BCUT2D eigenvalue weighted by atomic mass is 19.4. The van der Waals surface area contributed by atoms with E-state index in [1.807, 2.05) is 0 Å². The lowest BCUT2D eigenvalue weighted by atomic mass is 10.1. The van der Waals surface area contributed by atoms with Gasteiger partial charge in [-0.15, -0.1) is 0 Å². The minimum atomic E-state index is -4.48. The molecule has 1 aromatic rings. The smallest absolute Gasteiger partial charge is 0.343 e. The van der Waals surface area contributed by atoms with Crippen LogP contribution in [0.3, 0.4) is 0 Å². The van der Waals surface area contributed by atoms with E-state index in [9.17, 15) is 22.8 Å². The molecule has 0 radical (unpaired) electrons. The summed E-state index contributed by atoms with van der Waals surface area (Å²) in [6, 6.07) is 4.20. The predicted octanol–water partition coefficient (Wildman–Crippen LogP) is 1.18. The number of aryl methyl sites for hydroxylation is 1. The van der Waals surface area contributed by atoms with Gasteiger partial charge in [-0.3, -0.25) is 9.59 Å². The standard InChI is InChI=1S/C12H14F3N3O2/c1-7-2-3-8(4-9(7)18-10(19)5-16)11(20)17-6-12(13,14)15/h2-4H,5-6,16H2,1H3,(H,17,20)(H,18,19). The number of alkyl halides is 3. The third kappa shape index (κ3) is 4.88. The number of benzene rings is 1. The number of hydrogen-bond acceptors (Lipinski definition) is 3. The number of nitrogens with two attached hydrogens (primary N) is 1. The minimum absolute atomic E-state index is 0.0205. The van der Waals surface area contributed by atoms with Crippen molar-refractivity contribution in [3.63, 3.8) is 0 Å². The molecule has 0 aliphatic heterocycles. The SMILES string of the molecule is Cc1ccc(C(=O)NCC(F)(F)F)cc1NC(=O)CN. The quantitative estimate of drug-likeness (QED) is 0.778. The van der Waals surface area contributed by atoms with Crippen molar-refractivity contribution in [2.75, 3.05) is 18.4 Å². The summed E-state index contributed by atoms with van der Waals surface area (Å²) in [5, 5.41) is 4.21. The van der Waals surface area contributed by atoms with E-state index in [0.717, 1.165) is 0 Å².